The summed E-state index contributed by atoms with van der Waals surface area (Å²) in [5.41, 5.74) is 0. The van der Waals surface area contributed by atoms with Gasteiger partial charge in [0.1, 0.15) is 0 Å². The fourth-order valence-corrected chi connectivity index (χ4v) is 3.19. The van der Waals surface area contributed by atoms with Crippen LogP contribution in [-0.2, 0) is 19.1 Å². The molecule has 0 unspecified atom stereocenters. The van der Waals surface area contributed by atoms with E-state index in [9.17, 15) is 9.59 Å². The van der Waals surface area contributed by atoms with Crippen molar-refractivity contribution in [2.45, 2.75) is 129 Å². The third-order valence-electron chi connectivity index (χ3n) is 5.06. The minimum atomic E-state index is -0.285. The van der Waals surface area contributed by atoms with Crippen molar-refractivity contribution in [3.63, 3.8) is 0 Å². The van der Waals surface area contributed by atoms with Crippen molar-refractivity contribution in [1.82, 2.24) is 0 Å². The van der Waals surface area contributed by atoms with Gasteiger partial charge >= 0.3 is 41.5 Å². The van der Waals surface area contributed by atoms with E-state index in [-0.39, 0.29) is 54.3 Å². The molecule has 0 heterocycles. The molecule has 0 saturated carbocycles. The van der Waals surface area contributed by atoms with Crippen LogP contribution in [0.3, 0.4) is 0 Å². The first-order valence-corrected chi connectivity index (χ1v) is 12.0. The predicted octanol–water partition coefficient (Wildman–Crippen LogP) is 6.49. The number of ether oxygens (including phenoxy) is 2. The summed E-state index contributed by atoms with van der Waals surface area (Å²) in [5, 5.41) is 0. The molecule has 0 aliphatic heterocycles. The zero-order valence-corrected chi connectivity index (χ0v) is 18.8. The van der Waals surface area contributed by atoms with Gasteiger partial charge in [-0.3, -0.25) is 9.59 Å². The Bertz CT molecular complexity index is 327. The molecule has 0 aromatic heterocycles. The topological polar surface area (TPSA) is 52.6 Å². The van der Waals surface area contributed by atoms with Gasteiger partial charge in [-0.1, -0.05) is 104 Å². The molecule has 0 saturated heterocycles. The molecule has 0 fully saturated rings. The van der Waals surface area contributed by atoms with Crippen LogP contribution in [-0.4, -0.2) is 54.7 Å². The van der Waals surface area contributed by atoms with Crippen LogP contribution in [0, 0.1) is 0 Å². The number of unbranched alkanes of at least 4 members (excludes halogenated alkanes) is 14. The van der Waals surface area contributed by atoms with Gasteiger partial charge in [-0.25, -0.2) is 0 Å². The number of hydrogen-bond donors (Lipinski definition) is 0. The molecule has 0 bridgehead atoms. The second-order valence-electron chi connectivity index (χ2n) is 7.89. The maximum absolute atomic E-state index is 11.6. The van der Waals surface area contributed by atoms with Crippen LogP contribution in [0.5, 0.6) is 0 Å². The number of carbonyl (C=O) groups excluding carboxylic acids is 2. The molecule has 0 rings (SSSR count). The van der Waals surface area contributed by atoms with E-state index in [0.717, 1.165) is 25.7 Å². The van der Waals surface area contributed by atoms with Gasteiger partial charge in [-0.15, -0.1) is 0 Å². The van der Waals surface area contributed by atoms with E-state index >= 15 is 0 Å². The summed E-state index contributed by atoms with van der Waals surface area (Å²) < 4.78 is 10.4. The summed E-state index contributed by atoms with van der Waals surface area (Å²) in [4.78, 5) is 23.3. The first-order chi connectivity index (χ1) is 13.7. The Balaban J connectivity index is 0. The zero-order valence-electron chi connectivity index (χ0n) is 18.8. The molecular weight excluding hydrogens is 375 g/mol. The fraction of sp³-hybridized carbons (Fsp3) is 0.917. The number of carbonyl (C=O) groups is 2. The van der Waals surface area contributed by atoms with Crippen LogP contribution >= 0.6 is 0 Å². The van der Waals surface area contributed by atoms with Crippen LogP contribution in [0.4, 0.5) is 0 Å². The Morgan fingerprint density at radius 2 is 0.759 bits per heavy atom. The second-order valence-corrected chi connectivity index (χ2v) is 7.89. The van der Waals surface area contributed by atoms with Gasteiger partial charge in [0.05, 0.1) is 26.1 Å². The summed E-state index contributed by atoms with van der Waals surface area (Å²) in [6, 6.07) is 0. The van der Waals surface area contributed by atoms with Crippen molar-refractivity contribution in [2.24, 2.45) is 0 Å². The summed E-state index contributed by atoms with van der Waals surface area (Å²) in [6.07, 6.45) is 19.8. The Kier molecular flexibility index (Phi) is 27.9. The van der Waals surface area contributed by atoms with Crippen LogP contribution in [0.15, 0.2) is 0 Å². The molecule has 5 heteroatoms. The molecule has 0 aliphatic rings. The fourth-order valence-electron chi connectivity index (χ4n) is 3.19. The van der Waals surface area contributed by atoms with E-state index in [2.05, 4.69) is 13.8 Å². The van der Waals surface area contributed by atoms with Crippen molar-refractivity contribution >= 4 is 41.5 Å². The van der Waals surface area contributed by atoms with E-state index in [4.69, 9.17) is 9.47 Å². The summed E-state index contributed by atoms with van der Waals surface area (Å²) in [6.45, 7) is 5.40. The summed E-state index contributed by atoms with van der Waals surface area (Å²) >= 11 is 0. The van der Waals surface area contributed by atoms with Crippen LogP contribution in [0.1, 0.15) is 129 Å². The number of esters is 2. The molecule has 4 nitrogen and oxygen atoms in total. The molecule has 0 spiro atoms. The predicted molar refractivity (Wildman–Crippen MR) is 124 cm³/mol. The first kappa shape index (κ1) is 31.1. The molecule has 0 aliphatic carbocycles. The Labute approximate surface area is 202 Å². The van der Waals surface area contributed by atoms with Gasteiger partial charge in [0.2, 0.25) is 0 Å². The Hall–Kier alpha value is -0.0600. The van der Waals surface area contributed by atoms with Gasteiger partial charge in [-0.2, -0.15) is 0 Å². The SMILES string of the molecule is CCCCCCCCCCOC(=O)CCC(=O)OCCCCCCCCCC.[NaH]. The third kappa shape index (κ3) is 25.9. The maximum atomic E-state index is 11.6. The van der Waals surface area contributed by atoms with Crippen molar-refractivity contribution in [1.29, 1.82) is 0 Å². The van der Waals surface area contributed by atoms with Gasteiger partial charge in [0.15, 0.2) is 0 Å². The molecule has 168 valence electrons. The molecule has 0 aromatic rings. The molecule has 0 atom stereocenters. The average Bonchev–Trinajstić information content (AvgIpc) is 2.69. The van der Waals surface area contributed by atoms with E-state index in [1.54, 1.807) is 0 Å². The average molecular weight is 423 g/mol. The van der Waals surface area contributed by atoms with Crippen molar-refractivity contribution in [2.75, 3.05) is 13.2 Å². The van der Waals surface area contributed by atoms with Gasteiger partial charge < -0.3 is 9.47 Å². The Morgan fingerprint density at radius 3 is 1.07 bits per heavy atom. The summed E-state index contributed by atoms with van der Waals surface area (Å²) in [5.74, 6) is -0.570. The molecular formula is C24H47NaO4. The normalized spacial score (nSPS) is 10.4. The Morgan fingerprint density at radius 1 is 0.483 bits per heavy atom. The van der Waals surface area contributed by atoms with Gasteiger partial charge in [0.25, 0.3) is 0 Å². The third-order valence-corrected chi connectivity index (χ3v) is 5.06. The molecule has 0 N–H and O–H groups in total. The van der Waals surface area contributed by atoms with E-state index in [1.807, 2.05) is 0 Å². The van der Waals surface area contributed by atoms with Crippen LogP contribution in [0.25, 0.3) is 0 Å². The van der Waals surface area contributed by atoms with E-state index in [0.29, 0.717) is 13.2 Å². The molecule has 0 aromatic carbocycles. The quantitative estimate of drug-likeness (QED) is 0.121. The molecule has 0 amide bonds. The van der Waals surface area contributed by atoms with Crippen molar-refractivity contribution in [3.05, 3.63) is 0 Å². The summed E-state index contributed by atoms with van der Waals surface area (Å²) in [7, 11) is 0. The van der Waals surface area contributed by atoms with Gasteiger partial charge in [0, 0.05) is 0 Å². The number of hydrogen-bond acceptors (Lipinski definition) is 4. The van der Waals surface area contributed by atoms with Gasteiger partial charge in [-0.05, 0) is 12.8 Å². The molecule has 29 heavy (non-hydrogen) atoms. The molecule has 0 radical (unpaired) electrons. The van der Waals surface area contributed by atoms with Crippen LogP contribution in [0.2, 0.25) is 0 Å². The second kappa shape index (κ2) is 26.0. The van der Waals surface area contributed by atoms with E-state index < -0.39 is 0 Å². The minimum absolute atomic E-state index is 0. The zero-order chi connectivity index (χ0) is 20.7. The monoisotopic (exact) mass is 422 g/mol. The standard InChI is InChI=1S/C24H46O4.Na.H/c1-3-5-7-9-11-13-15-17-21-27-23(25)19-20-24(26)28-22-18-16-14-12-10-8-6-4-2;;/h3-22H2,1-2H3;;. The van der Waals surface area contributed by atoms with Crippen molar-refractivity contribution < 1.29 is 19.1 Å². The van der Waals surface area contributed by atoms with E-state index in [1.165, 1.54) is 77.0 Å². The van der Waals surface area contributed by atoms with Crippen LogP contribution < -0.4 is 0 Å². The first-order valence-electron chi connectivity index (χ1n) is 12.0. The number of rotatable bonds is 21. The van der Waals surface area contributed by atoms with Crippen molar-refractivity contribution in [3.8, 4) is 0 Å².